The zero-order valence-electron chi connectivity index (χ0n) is 22.4. The molecule has 10 heteroatoms. The molecule has 4 bridgehead atoms. The number of esters is 1. The quantitative estimate of drug-likeness (QED) is 0.222. The highest BCUT2D eigenvalue weighted by Crippen LogP contribution is 2.59. The number of aromatic nitrogens is 2. The molecule has 8 rings (SSSR count). The van der Waals surface area contributed by atoms with Gasteiger partial charge in [0.25, 0.3) is 5.91 Å². The molecule has 0 saturated heterocycles. The molecule has 4 fully saturated rings. The second-order valence-electron chi connectivity index (χ2n) is 12.2. The Morgan fingerprint density at radius 2 is 1.80 bits per heavy atom. The number of rotatable bonds is 6. The summed E-state index contributed by atoms with van der Waals surface area (Å²) in [6.45, 7) is 0. The van der Waals surface area contributed by atoms with Gasteiger partial charge in [-0.15, -0.1) is 11.3 Å². The van der Waals surface area contributed by atoms with Crippen LogP contribution in [0, 0.1) is 27.9 Å². The molecule has 3 aromatic rings. The largest absolute Gasteiger partial charge is 0.465 e. The molecule has 0 unspecified atom stereocenters. The molecule has 9 nitrogen and oxygen atoms in total. The van der Waals surface area contributed by atoms with Gasteiger partial charge in [-0.1, -0.05) is 30.3 Å². The number of carbonyl (C=O) groups is 2. The summed E-state index contributed by atoms with van der Waals surface area (Å²) in [5, 5.41) is 19.9. The van der Waals surface area contributed by atoms with E-state index in [2.05, 4.69) is 22.5 Å². The third-order valence-electron chi connectivity index (χ3n) is 9.75. The highest BCUT2D eigenvalue weighted by Gasteiger charge is 2.53. The van der Waals surface area contributed by atoms with Crippen LogP contribution in [0.2, 0.25) is 0 Å². The van der Waals surface area contributed by atoms with Crippen molar-refractivity contribution in [3.63, 3.8) is 0 Å². The fourth-order valence-electron chi connectivity index (χ4n) is 8.41. The fourth-order valence-corrected chi connectivity index (χ4v) is 9.72. The fraction of sp³-hybridized carbons (Fsp3) is 0.500. The minimum atomic E-state index is -0.668. The van der Waals surface area contributed by atoms with E-state index in [0.29, 0.717) is 40.7 Å². The molecule has 2 aromatic heterocycles. The Hall–Kier alpha value is -3.53. The van der Waals surface area contributed by atoms with Crippen molar-refractivity contribution < 1.29 is 19.2 Å². The van der Waals surface area contributed by atoms with E-state index in [-0.39, 0.29) is 16.9 Å². The Morgan fingerprint density at radius 1 is 1.12 bits per heavy atom. The lowest BCUT2D eigenvalue weighted by molar-refractivity contribution is -0.385. The highest BCUT2D eigenvalue weighted by molar-refractivity contribution is 7.17. The second kappa shape index (κ2) is 9.54. The smallest absolute Gasteiger partial charge is 0.341 e. The topological polar surface area (TPSA) is 116 Å². The van der Waals surface area contributed by atoms with Crippen LogP contribution in [0.15, 0.2) is 36.5 Å². The van der Waals surface area contributed by atoms with E-state index < -0.39 is 16.8 Å². The van der Waals surface area contributed by atoms with Crippen LogP contribution in [0.1, 0.15) is 87.7 Å². The number of benzene rings is 1. The predicted molar refractivity (Wildman–Crippen MR) is 150 cm³/mol. The molecule has 0 aliphatic heterocycles. The van der Waals surface area contributed by atoms with E-state index in [1.165, 1.54) is 49.5 Å². The van der Waals surface area contributed by atoms with Gasteiger partial charge in [-0.3, -0.25) is 19.6 Å². The van der Waals surface area contributed by atoms with Gasteiger partial charge in [0.2, 0.25) is 5.69 Å². The summed E-state index contributed by atoms with van der Waals surface area (Å²) in [7, 11) is 1.32. The zero-order valence-corrected chi connectivity index (χ0v) is 23.2. The maximum absolute atomic E-state index is 13.6. The summed E-state index contributed by atoms with van der Waals surface area (Å²) in [4.78, 5) is 39.1. The van der Waals surface area contributed by atoms with E-state index in [9.17, 15) is 19.7 Å². The maximum Gasteiger partial charge on any atom is 0.341 e. The molecule has 0 spiro atoms. The Morgan fingerprint density at radius 3 is 2.42 bits per heavy atom. The average Bonchev–Trinajstić information content (AvgIpc) is 3.55. The number of ether oxygens (including phenoxy) is 1. The van der Waals surface area contributed by atoms with Crippen molar-refractivity contribution in [1.29, 1.82) is 0 Å². The van der Waals surface area contributed by atoms with Gasteiger partial charge in [-0.05, 0) is 92.6 Å². The van der Waals surface area contributed by atoms with Gasteiger partial charge >= 0.3 is 11.7 Å². The minimum absolute atomic E-state index is 0.204. The first kappa shape index (κ1) is 25.4. The summed E-state index contributed by atoms with van der Waals surface area (Å²) in [6.07, 6.45) is 10.4. The summed E-state index contributed by atoms with van der Waals surface area (Å²) >= 11 is 1.36. The number of anilines is 1. The lowest BCUT2D eigenvalue weighted by atomic mass is 9.53. The number of amides is 1. The molecular formula is C30H32N4O5S. The minimum Gasteiger partial charge on any atom is -0.465 e. The second-order valence-corrected chi connectivity index (χ2v) is 13.3. The Bertz CT molecular complexity index is 1470. The van der Waals surface area contributed by atoms with Crippen molar-refractivity contribution >= 4 is 33.9 Å². The molecule has 2 heterocycles. The number of nitrogens with one attached hydrogen (secondary N) is 1. The SMILES string of the molecule is COC(=O)c1c(NC(=O)c2nn(C34CC5CC(CC(C5)C3)C4)cc2[N+](=O)[O-])sc2c1CC[C@H](c1ccccc1)C2. The van der Waals surface area contributed by atoms with Crippen molar-refractivity contribution in [2.75, 3.05) is 12.4 Å². The molecule has 208 valence electrons. The lowest BCUT2D eigenvalue weighted by Gasteiger charge is -2.56. The molecule has 5 aliphatic rings. The van der Waals surface area contributed by atoms with Gasteiger partial charge in [0.05, 0.1) is 23.1 Å². The lowest BCUT2D eigenvalue weighted by Crippen LogP contribution is -2.52. The van der Waals surface area contributed by atoms with Gasteiger partial charge in [0.1, 0.15) is 11.2 Å². The molecule has 1 N–H and O–H groups in total. The van der Waals surface area contributed by atoms with Crippen LogP contribution < -0.4 is 5.32 Å². The van der Waals surface area contributed by atoms with Crippen LogP contribution in [0.25, 0.3) is 0 Å². The number of methoxy groups -OCH3 is 1. The summed E-state index contributed by atoms with van der Waals surface area (Å²) in [6, 6.07) is 10.3. The summed E-state index contributed by atoms with van der Waals surface area (Å²) < 4.78 is 6.84. The van der Waals surface area contributed by atoms with Gasteiger partial charge < -0.3 is 10.1 Å². The van der Waals surface area contributed by atoms with Crippen molar-refractivity contribution in [1.82, 2.24) is 9.78 Å². The molecule has 1 amide bonds. The van der Waals surface area contributed by atoms with E-state index in [4.69, 9.17) is 4.74 Å². The van der Waals surface area contributed by atoms with Crippen LogP contribution in [0.3, 0.4) is 0 Å². The van der Waals surface area contributed by atoms with Crippen molar-refractivity contribution in [3.8, 4) is 0 Å². The number of nitro groups is 1. The summed E-state index contributed by atoms with van der Waals surface area (Å²) in [5.41, 5.74) is 1.75. The first-order valence-electron chi connectivity index (χ1n) is 14.2. The highest BCUT2D eigenvalue weighted by atomic mass is 32.1. The van der Waals surface area contributed by atoms with Gasteiger partial charge in [0.15, 0.2) is 0 Å². The molecule has 1 atom stereocenters. The summed E-state index contributed by atoms with van der Waals surface area (Å²) in [5.74, 6) is 1.03. The third-order valence-corrected chi connectivity index (χ3v) is 10.9. The Balaban J connectivity index is 1.20. The molecule has 40 heavy (non-hydrogen) atoms. The van der Waals surface area contributed by atoms with E-state index in [1.807, 2.05) is 18.2 Å². The molecule has 4 saturated carbocycles. The Kier molecular flexibility index (Phi) is 6.07. The maximum atomic E-state index is 13.6. The molecular weight excluding hydrogens is 528 g/mol. The van der Waals surface area contributed by atoms with Crippen LogP contribution >= 0.6 is 11.3 Å². The van der Waals surface area contributed by atoms with E-state index in [0.717, 1.165) is 42.5 Å². The van der Waals surface area contributed by atoms with Gasteiger partial charge in [-0.2, -0.15) is 5.10 Å². The van der Waals surface area contributed by atoms with Gasteiger partial charge in [0, 0.05) is 4.88 Å². The molecule has 0 radical (unpaired) electrons. The first-order valence-corrected chi connectivity index (χ1v) is 15.0. The van der Waals surface area contributed by atoms with E-state index >= 15 is 0 Å². The van der Waals surface area contributed by atoms with Crippen molar-refractivity contribution in [3.05, 3.63) is 73.9 Å². The third kappa shape index (κ3) is 4.15. The molecule has 1 aromatic carbocycles. The standard InChI is InChI=1S/C30H32N4O5S/c1-39-29(36)25-22-8-7-21(20-5-3-2-4-6-20)12-24(22)40-28(25)31-27(35)26-23(34(37)38)16-33(32-26)30-13-17-9-18(14-30)11-19(10-17)15-30/h2-6,16-19,21H,7-15H2,1H3,(H,31,35)/t17?,18?,19?,21-,30?/m0/s1. The van der Waals surface area contributed by atoms with Crippen molar-refractivity contribution in [2.45, 2.75) is 69.2 Å². The Labute approximate surface area is 236 Å². The van der Waals surface area contributed by atoms with Crippen LogP contribution in [-0.2, 0) is 23.1 Å². The predicted octanol–water partition coefficient (Wildman–Crippen LogP) is 6.09. The number of fused-ring (bicyclic) bond motifs is 1. The number of thiophene rings is 1. The zero-order chi connectivity index (χ0) is 27.6. The van der Waals surface area contributed by atoms with Crippen LogP contribution in [0.5, 0.6) is 0 Å². The molecule has 5 aliphatic carbocycles. The first-order chi connectivity index (χ1) is 19.3. The number of carbonyl (C=O) groups excluding carboxylic acids is 2. The van der Waals surface area contributed by atoms with Gasteiger partial charge in [-0.25, -0.2) is 4.79 Å². The normalized spacial score (nSPS) is 28.2. The number of nitrogens with zero attached hydrogens (tertiary/aromatic N) is 3. The van der Waals surface area contributed by atoms with Crippen LogP contribution in [0.4, 0.5) is 10.7 Å². The van der Waals surface area contributed by atoms with E-state index in [1.54, 1.807) is 4.68 Å². The monoisotopic (exact) mass is 560 g/mol. The average molecular weight is 561 g/mol. The van der Waals surface area contributed by atoms with Crippen molar-refractivity contribution in [2.24, 2.45) is 17.8 Å². The number of hydrogen-bond donors (Lipinski definition) is 1. The number of hydrogen-bond acceptors (Lipinski definition) is 7. The van der Waals surface area contributed by atoms with Crippen LogP contribution in [-0.4, -0.2) is 33.7 Å².